The van der Waals surface area contributed by atoms with Crippen molar-refractivity contribution in [1.82, 2.24) is 14.2 Å². The first-order valence-corrected chi connectivity index (χ1v) is 17.5. The standard InChI is InChI=1S/C29H30Cl2F2N4O8S2/c1-34-26(38)22-10-18(12-35(22)2)47(41,42)37-7-8-46-27(37)28(39)44-24(11-19-20(30)13-36(40)14-21(19)31)17-5-6-23(45-29(32)33)25(9-17)43-15-16-3-4-16/h5-6,9-10,12-14,16,24,27,29H,3-4,7-8,11,15H2,1-2H3,(H,34,38). The lowest BCUT2D eigenvalue weighted by atomic mass is 10.0. The van der Waals surface area contributed by atoms with Crippen molar-refractivity contribution in [1.29, 1.82) is 0 Å². The number of alkyl halides is 2. The van der Waals surface area contributed by atoms with E-state index in [-0.39, 0.29) is 74.5 Å². The number of rotatable bonds is 13. The highest BCUT2D eigenvalue weighted by atomic mass is 35.5. The van der Waals surface area contributed by atoms with Crippen LogP contribution in [0.3, 0.4) is 0 Å². The number of amides is 1. The molecular formula is C29H30Cl2F2N4O8S2. The molecule has 18 heteroatoms. The lowest BCUT2D eigenvalue weighted by molar-refractivity contribution is -0.605. The molecule has 1 aliphatic heterocycles. The maximum atomic E-state index is 13.8. The SMILES string of the molecule is CNC(=O)c1cc(S(=O)(=O)N2CCSC2C(=O)OC(Cc2c(Cl)c[n+]([O-])cc2Cl)c2ccc(OC(F)F)c(OCC3CC3)c2)cn1C. The van der Waals surface area contributed by atoms with Crippen molar-refractivity contribution in [3.05, 3.63) is 74.9 Å². The number of pyridine rings is 1. The van der Waals surface area contributed by atoms with Gasteiger partial charge in [-0.1, -0.05) is 29.3 Å². The molecule has 2 aromatic heterocycles. The van der Waals surface area contributed by atoms with Gasteiger partial charge in [0.1, 0.15) is 26.7 Å². The summed E-state index contributed by atoms with van der Waals surface area (Å²) in [7, 11) is -1.33. The zero-order valence-corrected chi connectivity index (χ0v) is 28.2. The van der Waals surface area contributed by atoms with E-state index in [1.54, 1.807) is 0 Å². The Kier molecular flexibility index (Phi) is 10.8. The molecule has 0 bridgehead atoms. The molecule has 0 spiro atoms. The van der Waals surface area contributed by atoms with E-state index < -0.39 is 40.0 Å². The fourth-order valence-electron chi connectivity index (χ4n) is 4.91. The Labute approximate surface area is 283 Å². The number of nitrogens with one attached hydrogen (secondary N) is 1. The average molecular weight is 736 g/mol. The van der Waals surface area contributed by atoms with Gasteiger partial charge in [0.05, 0.1) is 6.61 Å². The van der Waals surface area contributed by atoms with E-state index in [1.165, 1.54) is 49.1 Å². The van der Waals surface area contributed by atoms with Crippen LogP contribution in [0.5, 0.6) is 11.5 Å². The number of benzene rings is 1. The Bertz CT molecular complexity index is 1750. The van der Waals surface area contributed by atoms with Crippen molar-refractivity contribution >= 4 is 56.9 Å². The topological polar surface area (TPSA) is 143 Å². The van der Waals surface area contributed by atoms with Crippen LogP contribution in [0.4, 0.5) is 8.78 Å². The summed E-state index contributed by atoms with van der Waals surface area (Å²) < 4.78 is 72.9. The van der Waals surface area contributed by atoms with Crippen molar-refractivity contribution in [2.75, 3.05) is 26.0 Å². The Morgan fingerprint density at radius 1 is 1.17 bits per heavy atom. The minimum atomic E-state index is -4.26. The number of nitrogens with zero attached hydrogens (tertiary/aromatic N) is 3. The van der Waals surface area contributed by atoms with Gasteiger partial charge in [-0.3, -0.25) is 4.79 Å². The number of esters is 1. The number of aromatic nitrogens is 2. The smallest absolute Gasteiger partial charge is 0.387 e. The van der Waals surface area contributed by atoms with Gasteiger partial charge in [-0.25, -0.2) is 13.2 Å². The van der Waals surface area contributed by atoms with Crippen LogP contribution < -0.4 is 19.5 Å². The first-order chi connectivity index (χ1) is 22.3. The molecule has 1 aliphatic carbocycles. The minimum Gasteiger partial charge on any atom is -0.619 e. The first-order valence-electron chi connectivity index (χ1n) is 14.3. The van der Waals surface area contributed by atoms with Crippen molar-refractivity contribution in [3.8, 4) is 11.5 Å². The molecule has 2 atom stereocenters. The van der Waals surface area contributed by atoms with Gasteiger partial charge >= 0.3 is 12.6 Å². The van der Waals surface area contributed by atoms with Crippen LogP contribution >= 0.6 is 35.0 Å². The summed E-state index contributed by atoms with van der Waals surface area (Å²) >= 11 is 13.7. The van der Waals surface area contributed by atoms with Gasteiger partial charge in [0, 0.05) is 44.6 Å². The number of hydrogen-bond acceptors (Lipinski definition) is 9. The summed E-state index contributed by atoms with van der Waals surface area (Å²) in [5, 5.41) is 13.0. The van der Waals surface area contributed by atoms with E-state index in [9.17, 15) is 32.0 Å². The molecule has 1 saturated heterocycles. The highest BCUT2D eigenvalue weighted by Gasteiger charge is 2.43. The van der Waals surface area contributed by atoms with E-state index in [1.807, 2.05) is 0 Å². The first kappa shape index (κ1) is 35.0. The van der Waals surface area contributed by atoms with E-state index in [0.29, 0.717) is 4.73 Å². The van der Waals surface area contributed by atoms with E-state index in [2.05, 4.69) is 10.1 Å². The number of ether oxygens (including phenoxy) is 3. The second-order valence-electron chi connectivity index (χ2n) is 10.9. The zero-order valence-electron chi connectivity index (χ0n) is 25.0. The third-order valence-corrected chi connectivity index (χ3v) is 11.3. The molecule has 3 heterocycles. The van der Waals surface area contributed by atoms with Crippen LogP contribution in [0.15, 0.2) is 47.8 Å². The minimum absolute atomic E-state index is 0.00570. The molecule has 5 rings (SSSR count). The molecule has 1 aromatic carbocycles. The molecule has 1 N–H and O–H groups in total. The second-order valence-corrected chi connectivity index (χ2v) is 14.7. The van der Waals surface area contributed by atoms with Gasteiger partial charge in [-0.05, 0) is 42.5 Å². The van der Waals surface area contributed by atoms with Crippen molar-refractivity contribution < 1.29 is 45.7 Å². The Hall–Kier alpha value is -3.31. The molecule has 2 fully saturated rings. The number of aryl methyl sites for hydroxylation is 1. The molecule has 2 unspecified atom stereocenters. The van der Waals surface area contributed by atoms with Crippen LogP contribution in [0.25, 0.3) is 0 Å². The van der Waals surface area contributed by atoms with Crippen LogP contribution in [0, 0.1) is 11.1 Å². The number of halogens is 4. The summed E-state index contributed by atoms with van der Waals surface area (Å²) in [6.45, 7) is -2.87. The van der Waals surface area contributed by atoms with Crippen LogP contribution in [0.2, 0.25) is 10.0 Å². The molecule has 12 nitrogen and oxygen atoms in total. The largest absolute Gasteiger partial charge is 0.619 e. The molecule has 1 saturated carbocycles. The van der Waals surface area contributed by atoms with Gasteiger partial charge in [-0.2, -0.15) is 17.8 Å². The maximum Gasteiger partial charge on any atom is 0.387 e. The normalized spacial score (nSPS) is 17.5. The summed E-state index contributed by atoms with van der Waals surface area (Å²) in [4.78, 5) is 25.8. The zero-order chi connectivity index (χ0) is 34.0. The number of carbonyl (C=O) groups is 2. The van der Waals surface area contributed by atoms with Crippen molar-refractivity contribution in [2.24, 2.45) is 13.0 Å². The molecule has 47 heavy (non-hydrogen) atoms. The molecule has 0 radical (unpaired) electrons. The summed E-state index contributed by atoms with van der Waals surface area (Å²) in [6.07, 6.45) is 3.93. The molecule has 254 valence electrons. The van der Waals surface area contributed by atoms with Crippen molar-refractivity contribution in [3.63, 3.8) is 0 Å². The third kappa shape index (κ3) is 8.05. The molecule has 3 aromatic rings. The van der Waals surface area contributed by atoms with Crippen LogP contribution in [-0.4, -0.2) is 67.1 Å². The van der Waals surface area contributed by atoms with Gasteiger partial charge in [-0.15, -0.1) is 11.8 Å². The Morgan fingerprint density at radius 3 is 2.51 bits per heavy atom. The second kappa shape index (κ2) is 14.4. The van der Waals surface area contributed by atoms with E-state index in [4.69, 9.17) is 32.7 Å². The van der Waals surface area contributed by atoms with Crippen molar-refractivity contribution in [2.45, 2.75) is 42.2 Å². The van der Waals surface area contributed by atoms with Crippen LogP contribution in [-0.2, 0) is 33.0 Å². The lowest BCUT2D eigenvalue weighted by Gasteiger charge is -2.25. The maximum absolute atomic E-state index is 13.8. The lowest BCUT2D eigenvalue weighted by Crippen LogP contribution is -2.40. The highest BCUT2D eigenvalue weighted by Crippen LogP contribution is 2.39. The van der Waals surface area contributed by atoms with Crippen LogP contribution in [0.1, 0.15) is 40.6 Å². The van der Waals surface area contributed by atoms with E-state index >= 15 is 0 Å². The summed E-state index contributed by atoms with van der Waals surface area (Å²) in [6, 6.07) is 5.27. The summed E-state index contributed by atoms with van der Waals surface area (Å²) in [5.74, 6) is -1.09. The van der Waals surface area contributed by atoms with Gasteiger partial charge in [0.25, 0.3) is 5.91 Å². The van der Waals surface area contributed by atoms with Gasteiger partial charge in [0.2, 0.25) is 10.0 Å². The monoisotopic (exact) mass is 734 g/mol. The number of thioether (sulfide) groups is 1. The van der Waals surface area contributed by atoms with Gasteiger partial charge < -0.3 is 29.3 Å². The predicted molar refractivity (Wildman–Crippen MR) is 168 cm³/mol. The number of carbonyl (C=O) groups excluding carboxylic acids is 2. The number of hydrogen-bond donors (Lipinski definition) is 1. The highest BCUT2D eigenvalue weighted by molar-refractivity contribution is 8.02. The Morgan fingerprint density at radius 2 is 1.87 bits per heavy atom. The predicted octanol–water partition coefficient (Wildman–Crippen LogP) is 4.31. The number of sulfonamides is 1. The molecule has 2 aliphatic rings. The third-order valence-electron chi connectivity index (χ3n) is 7.53. The Balaban J connectivity index is 1.47. The van der Waals surface area contributed by atoms with Gasteiger partial charge in [0.15, 0.2) is 29.3 Å². The fourth-order valence-corrected chi connectivity index (χ4v) is 8.63. The molecular weight excluding hydrogens is 705 g/mol. The summed E-state index contributed by atoms with van der Waals surface area (Å²) in [5.41, 5.74) is 0.640. The quantitative estimate of drug-likeness (QED) is 0.154. The van der Waals surface area contributed by atoms with E-state index in [0.717, 1.165) is 41.3 Å². The molecule has 1 amide bonds. The average Bonchev–Trinajstić information content (AvgIpc) is 3.53. The fraction of sp³-hybridized carbons (Fsp3) is 0.414.